The number of aromatic carboxylic acids is 1. The summed E-state index contributed by atoms with van der Waals surface area (Å²) in [4.78, 5) is 24.6. The summed E-state index contributed by atoms with van der Waals surface area (Å²) < 4.78 is 0. The van der Waals surface area contributed by atoms with E-state index in [9.17, 15) is 9.59 Å². The van der Waals surface area contributed by atoms with Gasteiger partial charge in [0.2, 0.25) is 5.91 Å². The number of amides is 1. The molecule has 96 valence electrons. The summed E-state index contributed by atoms with van der Waals surface area (Å²) in [5.74, 6) is -1.10. The van der Waals surface area contributed by atoms with E-state index in [1.807, 2.05) is 11.8 Å². The summed E-state index contributed by atoms with van der Waals surface area (Å²) in [6.45, 7) is 4.42. The summed E-state index contributed by atoms with van der Waals surface area (Å²) in [5, 5.41) is 11.7. The van der Waals surface area contributed by atoms with E-state index in [-0.39, 0.29) is 17.5 Å². The Morgan fingerprint density at radius 3 is 2.89 bits per heavy atom. The number of carbonyl (C=O) groups is 2. The molecule has 0 saturated carbocycles. The van der Waals surface area contributed by atoms with E-state index < -0.39 is 5.97 Å². The lowest BCUT2D eigenvalue weighted by Gasteiger charge is -2.35. The Labute approximate surface area is 105 Å². The molecular weight excluding hydrogens is 232 g/mol. The number of rotatable bonds is 3. The third kappa shape index (κ3) is 2.16. The van der Waals surface area contributed by atoms with Gasteiger partial charge in [0.15, 0.2) is 0 Å². The average molecular weight is 248 g/mol. The zero-order valence-corrected chi connectivity index (χ0v) is 10.4. The molecule has 5 nitrogen and oxygen atoms in total. The molecule has 0 aliphatic carbocycles. The Morgan fingerprint density at radius 1 is 1.56 bits per heavy atom. The molecule has 1 aromatic rings. The van der Waals surface area contributed by atoms with Crippen molar-refractivity contribution in [2.45, 2.75) is 26.3 Å². The molecule has 1 aliphatic heterocycles. The molecule has 1 unspecified atom stereocenters. The van der Waals surface area contributed by atoms with Crippen LogP contribution in [0.3, 0.4) is 0 Å². The topological polar surface area (TPSA) is 69.6 Å². The Hall–Kier alpha value is -2.04. The predicted molar refractivity (Wildman–Crippen MR) is 69.1 cm³/mol. The van der Waals surface area contributed by atoms with Crippen LogP contribution in [0.1, 0.15) is 30.6 Å². The molecule has 2 N–H and O–H groups in total. The Kier molecular flexibility index (Phi) is 3.23. The van der Waals surface area contributed by atoms with E-state index in [1.165, 1.54) is 6.07 Å². The fourth-order valence-corrected chi connectivity index (χ4v) is 2.06. The molecule has 1 aromatic carbocycles. The molecule has 1 aliphatic rings. The van der Waals surface area contributed by atoms with Crippen LogP contribution < -0.4 is 10.2 Å². The van der Waals surface area contributed by atoms with Gasteiger partial charge in [-0.3, -0.25) is 4.79 Å². The van der Waals surface area contributed by atoms with Crippen molar-refractivity contribution in [2.24, 2.45) is 0 Å². The highest BCUT2D eigenvalue weighted by atomic mass is 16.4. The Balaban J connectivity index is 2.44. The van der Waals surface area contributed by atoms with Crippen LogP contribution in [0.5, 0.6) is 0 Å². The van der Waals surface area contributed by atoms with Crippen LogP contribution in [0.25, 0.3) is 0 Å². The average Bonchev–Trinajstić information content (AvgIpc) is 2.35. The first-order chi connectivity index (χ1) is 8.52. The van der Waals surface area contributed by atoms with Gasteiger partial charge in [-0.1, -0.05) is 6.92 Å². The second-order valence-electron chi connectivity index (χ2n) is 4.47. The molecule has 2 rings (SSSR count). The van der Waals surface area contributed by atoms with Crippen LogP contribution in [0, 0.1) is 0 Å². The minimum absolute atomic E-state index is 0.106. The van der Waals surface area contributed by atoms with E-state index in [1.54, 1.807) is 12.1 Å². The Morgan fingerprint density at radius 2 is 2.28 bits per heavy atom. The van der Waals surface area contributed by atoms with Crippen LogP contribution in [-0.2, 0) is 4.79 Å². The lowest BCUT2D eigenvalue weighted by Crippen LogP contribution is -2.43. The molecular formula is C13H16N2O3. The Bertz CT molecular complexity index is 499. The molecule has 5 heteroatoms. The minimum atomic E-state index is -0.993. The van der Waals surface area contributed by atoms with Gasteiger partial charge in [-0.15, -0.1) is 0 Å². The number of carboxylic acid groups (broad SMARTS) is 1. The van der Waals surface area contributed by atoms with Crippen LogP contribution in [0.15, 0.2) is 18.2 Å². The maximum Gasteiger partial charge on any atom is 0.335 e. The highest BCUT2D eigenvalue weighted by molar-refractivity contribution is 6.03. The number of carbonyl (C=O) groups excluding carboxylic acids is 1. The van der Waals surface area contributed by atoms with Gasteiger partial charge in [0, 0.05) is 6.04 Å². The molecule has 1 amide bonds. The predicted octanol–water partition coefficient (Wildman–Crippen LogP) is 1.94. The van der Waals surface area contributed by atoms with Crippen LogP contribution >= 0.6 is 0 Å². The largest absolute Gasteiger partial charge is 0.478 e. The number of hydrogen-bond donors (Lipinski definition) is 2. The summed E-state index contributed by atoms with van der Waals surface area (Å²) in [6.07, 6.45) is 0.924. The molecule has 0 fully saturated rings. The third-order valence-corrected chi connectivity index (χ3v) is 3.26. The third-order valence-electron chi connectivity index (χ3n) is 3.26. The van der Waals surface area contributed by atoms with Gasteiger partial charge in [-0.2, -0.15) is 0 Å². The number of benzene rings is 1. The van der Waals surface area contributed by atoms with Gasteiger partial charge in [-0.25, -0.2) is 4.79 Å². The summed E-state index contributed by atoms with van der Waals surface area (Å²) in [5.41, 5.74) is 1.64. The number of hydrogen-bond acceptors (Lipinski definition) is 3. The zero-order chi connectivity index (χ0) is 13.3. The maximum absolute atomic E-state index is 11.6. The second-order valence-corrected chi connectivity index (χ2v) is 4.47. The van der Waals surface area contributed by atoms with Crippen molar-refractivity contribution in [1.29, 1.82) is 0 Å². The van der Waals surface area contributed by atoms with Gasteiger partial charge in [-0.05, 0) is 31.5 Å². The summed E-state index contributed by atoms with van der Waals surface area (Å²) in [6, 6.07) is 5.06. The van der Waals surface area contributed by atoms with Crippen molar-refractivity contribution in [3.8, 4) is 0 Å². The molecule has 1 heterocycles. The van der Waals surface area contributed by atoms with Crippen LogP contribution in [-0.4, -0.2) is 29.6 Å². The van der Waals surface area contributed by atoms with Gasteiger partial charge in [0.25, 0.3) is 0 Å². The number of nitrogens with one attached hydrogen (secondary N) is 1. The monoisotopic (exact) mass is 248 g/mol. The van der Waals surface area contributed by atoms with Crippen LogP contribution in [0.2, 0.25) is 0 Å². The van der Waals surface area contributed by atoms with Gasteiger partial charge < -0.3 is 15.3 Å². The van der Waals surface area contributed by atoms with Crippen molar-refractivity contribution in [3.63, 3.8) is 0 Å². The smallest absolute Gasteiger partial charge is 0.335 e. The SMILES string of the molecule is CCC(C)N1CC(=O)Nc2cc(C(=O)O)ccc21. The second kappa shape index (κ2) is 4.68. The molecule has 0 radical (unpaired) electrons. The fraction of sp³-hybridized carbons (Fsp3) is 0.385. The number of anilines is 2. The van der Waals surface area contributed by atoms with Gasteiger partial charge in [0.1, 0.15) is 0 Å². The summed E-state index contributed by atoms with van der Waals surface area (Å²) in [7, 11) is 0. The van der Waals surface area contributed by atoms with E-state index in [0.717, 1.165) is 12.1 Å². The van der Waals surface area contributed by atoms with Crippen molar-refractivity contribution >= 4 is 23.3 Å². The molecule has 0 aromatic heterocycles. The number of nitrogens with zero attached hydrogens (tertiary/aromatic N) is 1. The van der Waals surface area contributed by atoms with E-state index in [0.29, 0.717) is 12.2 Å². The van der Waals surface area contributed by atoms with Crippen LogP contribution in [0.4, 0.5) is 11.4 Å². The lowest BCUT2D eigenvalue weighted by molar-refractivity contribution is -0.115. The maximum atomic E-state index is 11.6. The first-order valence-corrected chi connectivity index (χ1v) is 5.96. The zero-order valence-electron chi connectivity index (χ0n) is 10.4. The van der Waals surface area contributed by atoms with E-state index in [4.69, 9.17) is 5.11 Å². The highest BCUT2D eigenvalue weighted by Crippen LogP contribution is 2.32. The lowest BCUT2D eigenvalue weighted by atomic mass is 10.1. The summed E-state index contributed by atoms with van der Waals surface area (Å²) >= 11 is 0. The molecule has 1 atom stereocenters. The first-order valence-electron chi connectivity index (χ1n) is 5.96. The van der Waals surface area contributed by atoms with E-state index in [2.05, 4.69) is 12.2 Å². The highest BCUT2D eigenvalue weighted by Gasteiger charge is 2.25. The number of fused-ring (bicyclic) bond motifs is 1. The van der Waals surface area contributed by atoms with Crippen molar-refractivity contribution in [2.75, 3.05) is 16.8 Å². The van der Waals surface area contributed by atoms with Crippen molar-refractivity contribution < 1.29 is 14.7 Å². The van der Waals surface area contributed by atoms with Crippen molar-refractivity contribution in [3.05, 3.63) is 23.8 Å². The van der Waals surface area contributed by atoms with Gasteiger partial charge >= 0.3 is 5.97 Å². The quantitative estimate of drug-likeness (QED) is 0.857. The minimum Gasteiger partial charge on any atom is -0.478 e. The molecule has 0 saturated heterocycles. The van der Waals surface area contributed by atoms with Crippen molar-refractivity contribution in [1.82, 2.24) is 0 Å². The van der Waals surface area contributed by atoms with E-state index >= 15 is 0 Å². The molecule has 18 heavy (non-hydrogen) atoms. The standard InChI is InChI=1S/C13H16N2O3/c1-3-8(2)15-7-12(16)14-10-6-9(13(17)18)4-5-11(10)15/h4-6,8H,3,7H2,1-2H3,(H,14,16)(H,17,18). The molecule has 0 spiro atoms. The van der Waals surface area contributed by atoms with Gasteiger partial charge in [0.05, 0.1) is 23.5 Å². The molecule has 0 bridgehead atoms. The normalized spacial score (nSPS) is 15.9. The fourth-order valence-electron chi connectivity index (χ4n) is 2.06. The number of carboxylic acids is 1. The first kappa shape index (κ1) is 12.4.